The van der Waals surface area contributed by atoms with Crippen LogP contribution in [0.5, 0.6) is 11.5 Å². The first-order valence-electron chi connectivity index (χ1n) is 10.1. The molecule has 4 heteroatoms. The fourth-order valence-corrected chi connectivity index (χ4v) is 3.68. The third-order valence-electron chi connectivity index (χ3n) is 5.37. The minimum absolute atomic E-state index is 0.0740. The van der Waals surface area contributed by atoms with Crippen LogP contribution in [0.3, 0.4) is 0 Å². The first kappa shape index (κ1) is 20.0. The average molecular weight is 402 g/mol. The number of rotatable bonds is 3. The second-order valence-corrected chi connectivity index (χ2v) is 8.64. The summed E-state index contributed by atoms with van der Waals surface area (Å²) in [5.41, 5.74) is 4.27. The van der Waals surface area contributed by atoms with Crippen LogP contribution in [0.2, 0.25) is 0 Å². The highest BCUT2D eigenvalue weighted by molar-refractivity contribution is 5.97. The first-order chi connectivity index (χ1) is 14.2. The summed E-state index contributed by atoms with van der Waals surface area (Å²) in [6.45, 7) is 9.90. The molecule has 0 bridgehead atoms. The Labute approximate surface area is 176 Å². The lowest BCUT2D eigenvalue weighted by Crippen LogP contribution is -2.28. The van der Waals surface area contributed by atoms with Gasteiger partial charge in [-0.3, -0.25) is 4.79 Å². The van der Waals surface area contributed by atoms with Crippen LogP contribution in [0.15, 0.2) is 57.5 Å². The summed E-state index contributed by atoms with van der Waals surface area (Å²) in [6.07, 6.45) is 7.80. The largest absolute Gasteiger partial charge is 0.507 e. The molecule has 0 spiro atoms. The van der Waals surface area contributed by atoms with Crippen LogP contribution < -0.4 is 10.2 Å². The van der Waals surface area contributed by atoms with Crippen molar-refractivity contribution in [2.24, 2.45) is 0 Å². The van der Waals surface area contributed by atoms with Gasteiger partial charge < -0.3 is 14.3 Å². The summed E-state index contributed by atoms with van der Waals surface area (Å²) in [5.74, 6) is 0.492. The molecule has 1 aliphatic rings. The zero-order valence-electron chi connectivity index (χ0n) is 18.0. The third kappa shape index (κ3) is 3.43. The molecular formula is C26H26O4. The number of benzene rings is 2. The van der Waals surface area contributed by atoms with E-state index in [1.807, 2.05) is 77.1 Å². The molecule has 1 N–H and O–H groups in total. The van der Waals surface area contributed by atoms with E-state index in [1.54, 1.807) is 0 Å². The van der Waals surface area contributed by atoms with Crippen molar-refractivity contribution in [1.82, 2.24) is 0 Å². The Bertz CT molecular complexity index is 1250. The molecule has 0 radical (unpaired) electrons. The Balaban J connectivity index is 2.04. The lowest BCUT2D eigenvalue weighted by Gasteiger charge is -2.30. The molecule has 4 nitrogen and oxygen atoms in total. The molecule has 0 aliphatic carbocycles. The van der Waals surface area contributed by atoms with Crippen molar-refractivity contribution >= 4 is 17.0 Å². The number of phenolic OH excluding ortho intramolecular Hbond substituents is 1. The molecule has 30 heavy (non-hydrogen) atoms. The molecule has 4 rings (SSSR count). The molecule has 2 heterocycles. The van der Waals surface area contributed by atoms with Gasteiger partial charge >= 0.3 is 0 Å². The van der Waals surface area contributed by atoms with Gasteiger partial charge in [0.25, 0.3) is 0 Å². The van der Waals surface area contributed by atoms with Gasteiger partial charge in [-0.05, 0) is 58.8 Å². The van der Waals surface area contributed by atoms with E-state index in [2.05, 4.69) is 0 Å². The minimum Gasteiger partial charge on any atom is -0.507 e. The van der Waals surface area contributed by atoms with E-state index in [0.717, 1.165) is 16.7 Å². The molecule has 0 fully saturated rings. The maximum Gasteiger partial charge on any atom is 0.204 e. The van der Waals surface area contributed by atoms with Gasteiger partial charge in [-0.15, -0.1) is 0 Å². The monoisotopic (exact) mass is 402 g/mol. The van der Waals surface area contributed by atoms with Gasteiger partial charge in [-0.1, -0.05) is 41.5 Å². The predicted octanol–water partition coefficient (Wildman–Crippen LogP) is 6.17. The summed E-state index contributed by atoms with van der Waals surface area (Å²) in [6, 6.07) is 7.67. The first-order valence-corrected chi connectivity index (χ1v) is 10.1. The number of aromatic hydroxyl groups is 1. The van der Waals surface area contributed by atoms with E-state index in [1.165, 1.54) is 6.26 Å². The Kier molecular flexibility index (Phi) is 4.81. The Morgan fingerprint density at radius 2 is 1.87 bits per heavy atom. The Morgan fingerprint density at radius 1 is 1.17 bits per heavy atom. The van der Waals surface area contributed by atoms with Crippen molar-refractivity contribution in [1.29, 1.82) is 0 Å². The van der Waals surface area contributed by atoms with Crippen molar-refractivity contribution in [3.05, 3.63) is 75.2 Å². The lowest BCUT2D eigenvalue weighted by atomic mass is 9.93. The highest BCUT2D eigenvalue weighted by Crippen LogP contribution is 2.44. The molecule has 0 saturated carbocycles. The maximum atomic E-state index is 13.4. The minimum atomic E-state index is -0.519. The van der Waals surface area contributed by atoms with Gasteiger partial charge in [0.05, 0.1) is 11.1 Å². The van der Waals surface area contributed by atoms with E-state index in [-0.39, 0.29) is 16.6 Å². The van der Waals surface area contributed by atoms with E-state index < -0.39 is 5.60 Å². The number of aryl methyl sites for hydroxylation is 1. The summed E-state index contributed by atoms with van der Waals surface area (Å²) >= 11 is 0. The second-order valence-electron chi connectivity index (χ2n) is 8.64. The van der Waals surface area contributed by atoms with E-state index in [4.69, 9.17) is 9.15 Å². The fraction of sp³-hybridized carbons (Fsp3) is 0.269. The normalized spacial score (nSPS) is 14.3. The molecular weight excluding hydrogens is 376 g/mol. The van der Waals surface area contributed by atoms with Crippen LogP contribution in [0.1, 0.15) is 44.4 Å². The summed E-state index contributed by atoms with van der Waals surface area (Å²) in [4.78, 5) is 13.4. The van der Waals surface area contributed by atoms with Crippen LogP contribution in [0, 0.1) is 6.92 Å². The number of hydrogen-bond acceptors (Lipinski definition) is 4. The van der Waals surface area contributed by atoms with E-state index in [9.17, 15) is 9.90 Å². The number of phenols is 1. The van der Waals surface area contributed by atoms with Gasteiger partial charge in [0, 0.05) is 5.56 Å². The third-order valence-corrected chi connectivity index (χ3v) is 5.37. The van der Waals surface area contributed by atoms with Crippen LogP contribution in [-0.2, 0) is 6.42 Å². The fourth-order valence-electron chi connectivity index (χ4n) is 3.68. The highest BCUT2D eigenvalue weighted by atomic mass is 16.5. The van der Waals surface area contributed by atoms with Crippen molar-refractivity contribution in [3.63, 3.8) is 0 Å². The molecule has 0 amide bonds. The van der Waals surface area contributed by atoms with Crippen molar-refractivity contribution < 1.29 is 14.3 Å². The van der Waals surface area contributed by atoms with Gasteiger partial charge in [0.1, 0.15) is 28.7 Å². The standard InChI is InChI=1S/C26H26O4/c1-15(2)6-11-18-22(27)21-23(28)20(17-9-7-16(3)8-10-17)14-29-25(21)19-12-13-26(4,5)30-24(18)19/h6-10,12-14,27H,11H2,1-5H3. The van der Waals surface area contributed by atoms with Gasteiger partial charge in [0.15, 0.2) is 5.58 Å². The van der Waals surface area contributed by atoms with Crippen molar-refractivity contribution in [2.75, 3.05) is 0 Å². The quantitative estimate of drug-likeness (QED) is 0.533. The van der Waals surface area contributed by atoms with Crippen LogP contribution in [0.25, 0.3) is 28.2 Å². The van der Waals surface area contributed by atoms with Gasteiger partial charge in [0.2, 0.25) is 5.43 Å². The zero-order valence-corrected chi connectivity index (χ0v) is 18.0. The topological polar surface area (TPSA) is 59.7 Å². The van der Waals surface area contributed by atoms with E-state index >= 15 is 0 Å². The number of hydrogen-bond donors (Lipinski definition) is 1. The number of allylic oxidation sites excluding steroid dienone is 2. The highest BCUT2D eigenvalue weighted by Gasteiger charge is 2.30. The molecule has 1 aromatic heterocycles. The van der Waals surface area contributed by atoms with Crippen LogP contribution in [-0.4, -0.2) is 10.7 Å². The molecule has 0 saturated heterocycles. The lowest BCUT2D eigenvalue weighted by molar-refractivity contribution is 0.157. The summed E-state index contributed by atoms with van der Waals surface area (Å²) in [5, 5.41) is 11.4. The Hall–Kier alpha value is -3.27. The summed E-state index contributed by atoms with van der Waals surface area (Å²) < 4.78 is 12.1. The average Bonchev–Trinajstić information content (AvgIpc) is 2.67. The second kappa shape index (κ2) is 7.21. The predicted molar refractivity (Wildman–Crippen MR) is 121 cm³/mol. The Morgan fingerprint density at radius 3 is 2.53 bits per heavy atom. The number of ether oxygens (including phenoxy) is 1. The van der Waals surface area contributed by atoms with E-state index in [0.29, 0.717) is 34.4 Å². The van der Waals surface area contributed by atoms with Gasteiger partial charge in [-0.25, -0.2) is 0 Å². The number of fused-ring (bicyclic) bond motifs is 3. The SMILES string of the molecule is CC(C)=CCc1c2c(c3occ(-c4ccc(C)cc4)c(=O)c3c1O)C=CC(C)(C)O2. The van der Waals surface area contributed by atoms with Gasteiger partial charge in [-0.2, -0.15) is 0 Å². The molecule has 3 aromatic rings. The zero-order chi connectivity index (χ0) is 21.6. The molecule has 0 unspecified atom stereocenters. The van der Waals surface area contributed by atoms with Crippen LogP contribution in [0.4, 0.5) is 0 Å². The van der Waals surface area contributed by atoms with Crippen molar-refractivity contribution in [2.45, 2.75) is 46.6 Å². The molecule has 1 aliphatic heterocycles. The smallest absolute Gasteiger partial charge is 0.204 e. The van der Waals surface area contributed by atoms with Crippen molar-refractivity contribution in [3.8, 4) is 22.6 Å². The molecule has 2 aromatic carbocycles. The summed E-state index contributed by atoms with van der Waals surface area (Å²) in [7, 11) is 0. The maximum absolute atomic E-state index is 13.4. The van der Waals surface area contributed by atoms with Crippen LogP contribution >= 0.6 is 0 Å². The molecule has 0 atom stereocenters. The molecule has 154 valence electrons.